The molecule has 21 heavy (non-hydrogen) atoms. The van der Waals surface area contributed by atoms with E-state index in [0.717, 1.165) is 27.4 Å². The maximum absolute atomic E-state index is 11.4. The first-order chi connectivity index (χ1) is 9.97. The molecule has 3 N–H and O–H groups in total. The molecule has 1 amide bonds. The van der Waals surface area contributed by atoms with Gasteiger partial charge in [-0.1, -0.05) is 6.92 Å². The number of ether oxygens (including phenoxy) is 1. The van der Waals surface area contributed by atoms with Crippen LogP contribution in [0.4, 0.5) is 0 Å². The Morgan fingerprint density at radius 2 is 1.95 bits per heavy atom. The molecule has 1 rings (SSSR count). The Bertz CT molecular complexity index is 458. The summed E-state index contributed by atoms with van der Waals surface area (Å²) in [5, 5.41) is 2.74. The van der Waals surface area contributed by atoms with E-state index in [1.807, 2.05) is 19.1 Å². The van der Waals surface area contributed by atoms with E-state index in [9.17, 15) is 4.79 Å². The molecule has 0 saturated carbocycles. The number of benzene rings is 1. The predicted molar refractivity (Wildman–Crippen MR) is 92.6 cm³/mol. The van der Waals surface area contributed by atoms with Crippen LogP contribution in [0.15, 0.2) is 21.1 Å². The van der Waals surface area contributed by atoms with Crippen LogP contribution in [-0.4, -0.2) is 25.1 Å². The molecule has 0 bridgehead atoms. The molecule has 1 atom stereocenters. The summed E-state index contributed by atoms with van der Waals surface area (Å²) in [7, 11) is 0. The second-order valence-electron chi connectivity index (χ2n) is 4.81. The Labute approximate surface area is 143 Å². The minimum absolute atomic E-state index is 0.00437. The van der Waals surface area contributed by atoms with Crippen molar-refractivity contribution in [1.29, 1.82) is 0 Å². The smallest absolute Gasteiger partial charge is 0.223 e. The normalized spacial score (nSPS) is 12.0. The van der Waals surface area contributed by atoms with Crippen molar-refractivity contribution in [3.05, 3.63) is 26.6 Å². The van der Waals surface area contributed by atoms with Gasteiger partial charge in [-0.3, -0.25) is 4.79 Å². The zero-order valence-corrected chi connectivity index (χ0v) is 15.6. The average Bonchev–Trinajstić information content (AvgIpc) is 2.42. The highest BCUT2D eigenvalue weighted by molar-refractivity contribution is 9.11. The van der Waals surface area contributed by atoms with Crippen LogP contribution in [-0.2, 0) is 11.2 Å². The van der Waals surface area contributed by atoms with Gasteiger partial charge in [-0.25, -0.2) is 0 Å². The summed E-state index contributed by atoms with van der Waals surface area (Å²) in [5.41, 5.74) is 7.13. The Balaban J connectivity index is 2.65. The van der Waals surface area contributed by atoms with Crippen LogP contribution in [0.5, 0.6) is 5.75 Å². The lowest BCUT2D eigenvalue weighted by Crippen LogP contribution is -2.24. The third kappa shape index (κ3) is 6.36. The second kappa shape index (κ2) is 9.43. The SMILES string of the molecule is CCNC(=O)CCOc1c(Br)cc(CC(N)CC)cc1Br. The van der Waals surface area contributed by atoms with Gasteiger partial charge in [-0.15, -0.1) is 0 Å². The fraction of sp³-hybridized carbons (Fsp3) is 0.533. The molecule has 1 aromatic rings. The predicted octanol–water partition coefficient (Wildman–Crippen LogP) is 3.40. The van der Waals surface area contributed by atoms with Gasteiger partial charge in [0.15, 0.2) is 0 Å². The Hall–Kier alpha value is -0.590. The molecule has 0 aliphatic heterocycles. The van der Waals surface area contributed by atoms with Gasteiger partial charge in [0.25, 0.3) is 0 Å². The molecule has 6 heteroatoms. The summed E-state index contributed by atoms with van der Waals surface area (Å²) < 4.78 is 7.42. The first-order valence-electron chi connectivity index (χ1n) is 7.10. The first-order valence-corrected chi connectivity index (χ1v) is 8.69. The van der Waals surface area contributed by atoms with Crippen LogP contribution in [0.3, 0.4) is 0 Å². The van der Waals surface area contributed by atoms with Crippen molar-refractivity contribution in [1.82, 2.24) is 5.32 Å². The molecule has 0 fully saturated rings. The molecule has 1 unspecified atom stereocenters. The van der Waals surface area contributed by atoms with Gasteiger partial charge in [0.2, 0.25) is 5.91 Å². The summed E-state index contributed by atoms with van der Waals surface area (Å²) in [6.45, 7) is 4.95. The van der Waals surface area contributed by atoms with Crippen molar-refractivity contribution in [3.8, 4) is 5.75 Å². The van der Waals surface area contributed by atoms with Crippen LogP contribution in [0, 0.1) is 0 Å². The minimum atomic E-state index is -0.00437. The highest BCUT2D eigenvalue weighted by Crippen LogP contribution is 2.35. The maximum Gasteiger partial charge on any atom is 0.223 e. The lowest BCUT2D eigenvalue weighted by Gasteiger charge is -2.14. The number of nitrogens with two attached hydrogens (primary N) is 1. The van der Waals surface area contributed by atoms with Crippen LogP contribution < -0.4 is 15.8 Å². The van der Waals surface area contributed by atoms with E-state index in [2.05, 4.69) is 44.1 Å². The zero-order chi connectivity index (χ0) is 15.8. The largest absolute Gasteiger partial charge is 0.491 e. The van der Waals surface area contributed by atoms with Crippen molar-refractivity contribution in [2.24, 2.45) is 5.73 Å². The molecule has 0 aliphatic carbocycles. The van der Waals surface area contributed by atoms with Crippen molar-refractivity contribution in [2.75, 3.05) is 13.2 Å². The minimum Gasteiger partial charge on any atom is -0.491 e. The van der Waals surface area contributed by atoms with Gasteiger partial charge in [-0.05, 0) is 69.3 Å². The van der Waals surface area contributed by atoms with E-state index in [1.54, 1.807) is 0 Å². The molecule has 4 nitrogen and oxygen atoms in total. The summed E-state index contributed by atoms with van der Waals surface area (Å²) in [5.74, 6) is 0.711. The number of nitrogens with one attached hydrogen (secondary N) is 1. The van der Waals surface area contributed by atoms with Gasteiger partial charge in [-0.2, -0.15) is 0 Å². The monoisotopic (exact) mass is 420 g/mol. The topological polar surface area (TPSA) is 64.3 Å². The third-order valence-electron chi connectivity index (χ3n) is 3.03. The van der Waals surface area contributed by atoms with Gasteiger partial charge in [0.1, 0.15) is 5.75 Å². The molecule has 0 aromatic heterocycles. The van der Waals surface area contributed by atoms with Crippen LogP contribution in [0.1, 0.15) is 32.3 Å². The first kappa shape index (κ1) is 18.5. The lowest BCUT2D eigenvalue weighted by molar-refractivity contribution is -0.121. The maximum atomic E-state index is 11.4. The number of hydrogen-bond acceptors (Lipinski definition) is 3. The molecule has 0 heterocycles. The number of rotatable bonds is 8. The summed E-state index contributed by atoms with van der Waals surface area (Å²) in [6, 6.07) is 4.19. The van der Waals surface area contributed by atoms with Crippen LogP contribution >= 0.6 is 31.9 Å². The molecule has 118 valence electrons. The van der Waals surface area contributed by atoms with Gasteiger partial charge in [0.05, 0.1) is 22.0 Å². The number of halogens is 2. The second-order valence-corrected chi connectivity index (χ2v) is 6.52. The van der Waals surface area contributed by atoms with Crippen LogP contribution in [0.2, 0.25) is 0 Å². The Morgan fingerprint density at radius 1 is 1.33 bits per heavy atom. The van der Waals surface area contributed by atoms with E-state index in [1.165, 1.54) is 0 Å². The Kier molecular flexibility index (Phi) is 8.29. The third-order valence-corrected chi connectivity index (χ3v) is 4.21. The fourth-order valence-corrected chi connectivity index (χ4v) is 3.36. The van der Waals surface area contributed by atoms with E-state index < -0.39 is 0 Å². The number of amides is 1. The average molecular weight is 422 g/mol. The molecule has 0 aliphatic rings. The number of carbonyl (C=O) groups excluding carboxylic acids is 1. The van der Waals surface area contributed by atoms with Crippen LogP contribution in [0.25, 0.3) is 0 Å². The molecule has 0 saturated heterocycles. The van der Waals surface area contributed by atoms with Crippen molar-refractivity contribution < 1.29 is 9.53 Å². The van der Waals surface area contributed by atoms with Crippen molar-refractivity contribution >= 4 is 37.8 Å². The quantitative estimate of drug-likeness (QED) is 0.675. The summed E-state index contributed by atoms with van der Waals surface area (Å²) >= 11 is 7.02. The van der Waals surface area contributed by atoms with E-state index in [4.69, 9.17) is 10.5 Å². The standard InChI is InChI=1S/C15H22Br2N2O2/c1-3-11(18)7-10-8-12(16)15(13(17)9-10)21-6-5-14(20)19-4-2/h8-9,11H,3-7,18H2,1-2H3,(H,19,20). The molecule has 0 spiro atoms. The van der Waals surface area contributed by atoms with E-state index in [-0.39, 0.29) is 11.9 Å². The van der Waals surface area contributed by atoms with Crippen molar-refractivity contribution in [3.63, 3.8) is 0 Å². The lowest BCUT2D eigenvalue weighted by atomic mass is 10.0. The molecular weight excluding hydrogens is 400 g/mol. The van der Waals surface area contributed by atoms with Gasteiger partial charge in [0, 0.05) is 12.6 Å². The number of carbonyl (C=O) groups is 1. The molecule has 1 aromatic carbocycles. The highest BCUT2D eigenvalue weighted by atomic mass is 79.9. The van der Waals surface area contributed by atoms with E-state index >= 15 is 0 Å². The van der Waals surface area contributed by atoms with Gasteiger partial charge < -0.3 is 15.8 Å². The zero-order valence-electron chi connectivity index (χ0n) is 12.4. The fourth-order valence-electron chi connectivity index (χ4n) is 1.85. The molecular formula is C15H22Br2N2O2. The van der Waals surface area contributed by atoms with Gasteiger partial charge >= 0.3 is 0 Å². The Morgan fingerprint density at radius 3 is 2.48 bits per heavy atom. The molecule has 0 radical (unpaired) electrons. The summed E-state index contributed by atoms with van der Waals surface area (Å²) in [4.78, 5) is 11.4. The van der Waals surface area contributed by atoms with E-state index in [0.29, 0.717) is 25.3 Å². The number of hydrogen-bond donors (Lipinski definition) is 2. The summed E-state index contributed by atoms with van der Waals surface area (Å²) in [6.07, 6.45) is 2.11. The highest BCUT2D eigenvalue weighted by Gasteiger charge is 2.11. The van der Waals surface area contributed by atoms with Crippen molar-refractivity contribution in [2.45, 2.75) is 39.2 Å².